The van der Waals surface area contributed by atoms with Crippen LogP contribution < -0.4 is 28.1 Å². The predicted molar refractivity (Wildman–Crippen MR) is 98.3 cm³/mol. The van der Waals surface area contributed by atoms with Crippen molar-refractivity contribution in [1.29, 1.82) is 0 Å². The monoisotopic (exact) mass is 470 g/mol. The molecule has 2 aliphatic rings. The van der Waals surface area contributed by atoms with Gasteiger partial charge in [0.2, 0.25) is 0 Å². The Balaban J connectivity index is 0.00000105. The third-order valence-corrected chi connectivity index (χ3v) is 9.16. The summed E-state index contributed by atoms with van der Waals surface area (Å²) in [7, 11) is 0. The quantitative estimate of drug-likeness (QED) is 0.380. The molecule has 1 aromatic heterocycles. The van der Waals surface area contributed by atoms with E-state index in [4.69, 9.17) is 4.42 Å². The minimum absolute atomic E-state index is 0. The van der Waals surface area contributed by atoms with E-state index in [0.29, 0.717) is 5.92 Å². The second-order valence-corrected chi connectivity index (χ2v) is 10.1. The average Bonchev–Trinajstić information content (AvgIpc) is 3.34. The summed E-state index contributed by atoms with van der Waals surface area (Å²) < 4.78 is 8.85. The summed E-state index contributed by atoms with van der Waals surface area (Å²) in [4.78, 5) is 0. The number of furan rings is 1. The van der Waals surface area contributed by atoms with Gasteiger partial charge in [0.05, 0.1) is 0 Å². The van der Waals surface area contributed by atoms with Crippen molar-refractivity contribution in [3.8, 4) is 11.1 Å². The Morgan fingerprint density at radius 2 is 1.74 bits per heavy atom. The number of fused-ring (bicyclic) bond motifs is 3. The second-order valence-electron chi connectivity index (χ2n) is 6.78. The molecular formula is C23H18Cl2OZr. The van der Waals surface area contributed by atoms with Crippen molar-refractivity contribution < 1.29 is 52.5 Å². The minimum Gasteiger partial charge on any atom is -1.00 e. The van der Waals surface area contributed by atoms with Gasteiger partial charge < -0.3 is 24.8 Å². The summed E-state index contributed by atoms with van der Waals surface area (Å²) in [5.41, 5.74) is 7.20. The minimum atomic E-state index is -0.804. The van der Waals surface area contributed by atoms with Gasteiger partial charge in [0.25, 0.3) is 0 Å². The molecule has 4 heteroatoms. The first-order valence-corrected chi connectivity index (χ1v) is 11.2. The number of allylic oxidation sites excluding steroid dienone is 4. The summed E-state index contributed by atoms with van der Waals surface area (Å²) in [5, 5.41) is 0. The maximum Gasteiger partial charge on any atom is -1.00 e. The van der Waals surface area contributed by atoms with Gasteiger partial charge in [0.15, 0.2) is 0 Å². The molecule has 0 aliphatic heterocycles. The molecule has 0 saturated heterocycles. The molecule has 0 N–H and O–H groups in total. The van der Waals surface area contributed by atoms with Crippen LogP contribution in [0.5, 0.6) is 0 Å². The van der Waals surface area contributed by atoms with E-state index in [-0.39, 0.29) is 24.8 Å². The van der Waals surface area contributed by atoms with E-state index >= 15 is 0 Å². The predicted octanol–water partition coefficient (Wildman–Crippen LogP) is -0.816. The zero-order valence-corrected chi connectivity index (χ0v) is 18.8. The maximum atomic E-state index is 5.59. The first-order chi connectivity index (χ1) is 12.3. The van der Waals surface area contributed by atoms with Crippen LogP contribution in [0.25, 0.3) is 16.7 Å². The SMILES string of the molecule is CC1C=C(c2ccco2)C=[C]1[Zr+2][c]1cccc2c1Cc1ccccc1-2.[Cl-].[Cl-]. The molecule has 0 radical (unpaired) electrons. The molecule has 1 nitrogen and oxygen atoms in total. The fourth-order valence-electron chi connectivity index (χ4n) is 3.88. The topological polar surface area (TPSA) is 13.1 Å². The van der Waals surface area contributed by atoms with Gasteiger partial charge in [-0.25, -0.2) is 0 Å². The molecule has 134 valence electrons. The third kappa shape index (κ3) is 3.68. The van der Waals surface area contributed by atoms with Crippen LogP contribution >= 0.6 is 0 Å². The van der Waals surface area contributed by atoms with E-state index < -0.39 is 23.2 Å². The summed E-state index contributed by atoms with van der Waals surface area (Å²) in [6, 6.07) is 19.8. The molecule has 0 fully saturated rings. The van der Waals surface area contributed by atoms with Crippen LogP contribution in [0.1, 0.15) is 23.8 Å². The van der Waals surface area contributed by atoms with Gasteiger partial charge in [-0.3, -0.25) is 0 Å². The summed E-state index contributed by atoms with van der Waals surface area (Å²) in [6.07, 6.45) is 7.60. The van der Waals surface area contributed by atoms with Crippen LogP contribution in [0.4, 0.5) is 0 Å². The van der Waals surface area contributed by atoms with Crippen LogP contribution in [-0.2, 0) is 29.7 Å². The van der Waals surface area contributed by atoms with Crippen molar-refractivity contribution in [3.63, 3.8) is 0 Å². The largest absolute Gasteiger partial charge is 1.00 e. The van der Waals surface area contributed by atoms with E-state index in [2.05, 4.69) is 67.6 Å². The Morgan fingerprint density at radius 3 is 2.56 bits per heavy atom. The number of halogens is 2. The molecule has 27 heavy (non-hydrogen) atoms. The molecule has 1 unspecified atom stereocenters. The Morgan fingerprint density at radius 1 is 0.926 bits per heavy atom. The van der Waals surface area contributed by atoms with Gasteiger partial charge in [0.1, 0.15) is 0 Å². The first kappa shape index (κ1) is 20.4. The van der Waals surface area contributed by atoms with E-state index in [1.54, 1.807) is 18.4 Å². The molecule has 1 heterocycles. The average molecular weight is 473 g/mol. The van der Waals surface area contributed by atoms with E-state index in [1.807, 2.05) is 6.07 Å². The third-order valence-electron chi connectivity index (χ3n) is 5.17. The molecule has 1 atom stereocenters. The Bertz CT molecular complexity index is 1020. The van der Waals surface area contributed by atoms with Crippen LogP contribution in [0.15, 0.2) is 80.7 Å². The smallest absolute Gasteiger partial charge is 1.00 e. The number of rotatable bonds is 3. The molecule has 5 rings (SSSR count). The molecule has 3 aromatic rings. The Labute approximate surface area is 184 Å². The molecule has 2 aliphatic carbocycles. The van der Waals surface area contributed by atoms with Crippen LogP contribution in [0.2, 0.25) is 0 Å². The molecule has 0 amide bonds. The van der Waals surface area contributed by atoms with Crippen molar-refractivity contribution >= 4 is 8.84 Å². The van der Waals surface area contributed by atoms with Gasteiger partial charge in [-0.2, -0.15) is 0 Å². The van der Waals surface area contributed by atoms with Crippen LogP contribution in [0, 0.1) is 5.92 Å². The van der Waals surface area contributed by atoms with Crippen molar-refractivity contribution in [2.45, 2.75) is 13.3 Å². The zero-order valence-electron chi connectivity index (χ0n) is 14.9. The Hall–Kier alpha value is -1.34. The fraction of sp³-hybridized carbons (Fsp3) is 0.130. The zero-order chi connectivity index (χ0) is 16.8. The van der Waals surface area contributed by atoms with Gasteiger partial charge in [-0.05, 0) is 0 Å². The molecule has 0 bridgehead atoms. The van der Waals surface area contributed by atoms with Crippen molar-refractivity contribution in [2.75, 3.05) is 0 Å². The van der Waals surface area contributed by atoms with E-state index in [0.717, 1.165) is 12.2 Å². The molecule has 0 spiro atoms. The van der Waals surface area contributed by atoms with Crippen LogP contribution in [0.3, 0.4) is 0 Å². The number of benzene rings is 2. The van der Waals surface area contributed by atoms with E-state index in [1.165, 1.54) is 22.3 Å². The summed E-state index contributed by atoms with van der Waals surface area (Å²) in [5.74, 6) is 1.53. The molecular weight excluding hydrogens is 454 g/mol. The van der Waals surface area contributed by atoms with Crippen molar-refractivity contribution in [2.24, 2.45) is 5.92 Å². The number of hydrogen-bond acceptors (Lipinski definition) is 1. The normalized spacial score (nSPS) is 16.3. The van der Waals surface area contributed by atoms with Crippen molar-refractivity contribution in [1.82, 2.24) is 0 Å². The fourth-order valence-corrected chi connectivity index (χ4v) is 7.33. The van der Waals surface area contributed by atoms with E-state index in [9.17, 15) is 0 Å². The second kappa shape index (κ2) is 8.35. The van der Waals surface area contributed by atoms with Crippen LogP contribution in [-0.4, -0.2) is 0 Å². The maximum absolute atomic E-state index is 5.59. The van der Waals surface area contributed by atoms with Gasteiger partial charge >= 0.3 is 160 Å². The van der Waals surface area contributed by atoms with Gasteiger partial charge in [-0.1, -0.05) is 0 Å². The summed E-state index contributed by atoms with van der Waals surface area (Å²) >= 11 is -0.804. The molecule has 2 aromatic carbocycles. The first-order valence-electron chi connectivity index (χ1n) is 8.74. The molecule has 0 saturated carbocycles. The Kier molecular flexibility index (Phi) is 6.31. The standard InChI is InChI=1S/C13H9.C10H9O.2ClH.Zr/c1-3-7-12-10(5-1)9-11-6-2-4-8-13(11)12;1-8-4-5-9(7-8)10-3-2-6-11-10;;;/h1-5,7-8H,9H2;2-3,5-8H,1H3;2*1H;/q;;;;+2/p-2. The van der Waals surface area contributed by atoms with Gasteiger partial charge in [0, 0.05) is 0 Å². The van der Waals surface area contributed by atoms with Crippen molar-refractivity contribution in [3.05, 3.63) is 93.2 Å². The number of hydrogen-bond donors (Lipinski definition) is 0. The van der Waals surface area contributed by atoms with Gasteiger partial charge in [-0.15, -0.1) is 0 Å². The summed E-state index contributed by atoms with van der Waals surface area (Å²) in [6.45, 7) is 2.32.